The Hall–Kier alpha value is -2.57. The lowest BCUT2D eigenvalue weighted by molar-refractivity contribution is 0.0180. The molecule has 1 aliphatic heterocycles. The van der Waals surface area contributed by atoms with Gasteiger partial charge in [-0.1, -0.05) is 26.7 Å². The minimum atomic E-state index is -0.339. The van der Waals surface area contributed by atoms with Crippen LogP contribution in [-0.4, -0.2) is 52.7 Å². The van der Waals surface area contributed by atoms with Gasteiger partial charge in [0.1, 0.15) is 11.9 Å². The van der Waals surface area contributed by atoms with E-state index in [1.807, 2.05) is 12.1 Å². The number of likely N-dealkylation sites (tertiary alicyclic amines) is 1. The molecule has 2 aromatic rings. The van der Waals surface area contributed by atoms with E-state index >= 15 is 0 Å². The molecule has 1 fully saturated rings. The largest absolute Gasteiger partial charge is 0.485 e. The molecule has 0 bridgehead atoms. The van der Waals surface area contributed by atoms with E-state index in [4.69, 9.17) is 4.74 Å². The zero-order valence-corrected chi connectivity index (χ0v) is 16.2. The van der Waals surface area contributed by atoms with Crippen molar-refractivity contribution in [1.82, 2.24) is 14.5 Å². The molecule has 3 rings (SSSR count). The SMILES string of the molecule is CCCC(CCC)C(=O)c1cnn2cc(OC3CN(C(=O)OC)C3)ccc12. The number of pyridine rings is 1. The summed E-state index contributed by atoms with van der Waals surface area (Å²) < 4.78 is 12.2. The number of hydrogen-bond donors (Lipinski definition) is 0. The van der Waals surface area contributed by atoms with E-state index in [0.29, 0.717) is 24.4 Å². The van der Waals surface area contributed by atoms with Crippen LogP contribution in [0.4, 0.5) is 4.79 Å². The summed E-state index contributed by atoms with van der Waals surface area (Å²) in [6.45, 7) is 5.22. The number of hydrogen-bond acceptors (Lipinski definition) is 5. The van der Waals surface area contributed by atoms with Crippen molar-refractivity contribution in [3.05, 3.63) is 30.1 Å². The van der Waals surface area contributed by atoms with Crippen LogP contribution in [0.3, 0.4) is 0 Å². The standard InChI is InChI=1S/C20H27N3O4/c1-4-6-14(7-5-2)19(24)17-10-21-23-13-15(8-9-18(17)23)27-16-11-22(12-16)20(25)26-3/h8-10,13-14,16H,4-7,11-12H2,1-3H3. The second kappa shape index (κ2) is 8.41. The van der Waals surface area contributed by atoms with Gasteiger partial charge in [0.25, 0.3) is 0 Å². The van der Waals surface area contributed by atoms with Crippen LogP contribution in [0.15, 0.2) is 24.5 Å². The van der Waals surface area contributed by atoms with Gasteiger partial charge in [0.2, 0.25) is 0 Å². The van der Waals surface area contributed by atoms with Gasteiger partial charge < -0.3 is 14.4 Å². The Labute approximate surface area is 159 Å². The Morgan fingerprint density at radius 1 is 1.22 bits per heavy atom. The third-order valence-electron chi connectivity index (χ3n) is 4.98. The van der Waals surface area contributed by atoms with Crippen LogP contribution in [-0.2, 0) is 4.74 Å². The van der Waals surface area contributed by atoms with E-state index in [1.165, 1.54) is 7.11 Å². The van der Waals surface area contributed by atoms with Crippen molar-refractivity contribution in [3.63, 3.8) is 0 Å². The third kappa shape index (κ3) is 4.07. The van der Waals surface area contributed by atoms with Gasteiger partial charge in [-0.15, -0.1) is 0 Å². The number of ketones is 1. The summed E-state index contributed by atoms with van der Waals surface area (Å²) >= 11 is 0. The molecule has 0 N–H and O–H groups in total. The van der Waals surface area contributed by atoms with Crippen molar-refractivity contribution in [2.45, 2.75) is 45.6 Å². The van der Waals surface area contributed by atoms with Crippen LogP contribution < -0.4 is 4.74 Å². The number of aromatic nitrogens is 2. The third-order valence-corrected chi connectivity index (χ3v) is 4.98. The lowest BCUT2D eigenvalue weighted by Crippen LogP contribution is -2.56. The molecule has 7 nitrogen and oxygen atoms in total. The summed E-state index contributed by atoms with van der Waals surface area (Å²) in [6.07, 6.45) is 6.84. The molecule has 146 valence electrons. The van der Waals surface area contributed by atoms with Crippen LogP contribution in [0, 0.1) is 5.92 Å². The number of carbonyl (C=O) groups is 2. The van der Waals surface area contributed by atoms with Crippen LogP contribution in [0.25, 0.3) is 5.52 Å². The average Bonchev–Trinajstić information content (AvgIpc) is 3.06. The number of nitrogens with zero attached hydrogens (tertiary/aromatic N) is 3. The maximum absolute atomic E-state index is 12.9. The maximum Gasteiger partial charge on any atom is 0.409 e. The number of methoxy groups -OCH3 is 1. The second-order valence-electron chi connectivity index (χ2n) is 7.01. The molecule has 0 radical (unpaired) electrons. The van der Waals surface area contributed by atoms with Crippen molar-refractivity contribution >= 4 is 17.4 Å². The summed E-state index contributed by atoms with van der Waals surface area (Å²) in [5.41, 5.74) is 1.48. The molecule has 7 heteroatoms. The van der Waals surface area contributed by atoms with Gasteiger partial charge in [0.15, 0.2) is 5.78 Å². The molecule has 1 aliphatic rings. The van der Waals surface area contributed by atoms with Crippen LogP contribution >= 0.6 is 0 Å². The van der Waals surface area contributed by atoms with Crippen LogP contribution in [0.5, 0.6) is 5.75 Å². The summed E-state index contributed by atoms with van der Waals surface area (Å²) in [7, 11) is 1.37. The predicted octanol–water partition coefficient (Wildman–Crippen LogP) is 3.56. The number of carbonyl (C=O) groups excluding carboxylic acids is 2. The quantitative estimate of drug-likeness (QED) is 0.662. The topological polar surface area (TPSA) is 73.1 Å². The lowest BCUT2D eigenvalue weighted by atomic mass is 9.90. The number of rotatable bonds is 8. The van der Waals surface area contributed by atoms with Gasteiger partial charge >= 0.3 is 6.09 Å². The zero-order valence-electron chi connectivity index (χ0n) is 16.2. The highest BCUT2D eigenvalue weighted by molar-refractivity contribution is 6.03. The second-order valence-corrected chi connectivity index (χ2v) is 7.01. The van der Waals surface area contributed by atoms with Gasteiger partial charge in [-0.2, -0.15) is 5.10 Å². The number of amides is 1. The highest BCUT2D eigenvalue weighted by atomic mass is 16.5. The Kier molecular flexibility index (Phi) is 5.98. The minimum Gasteiger partial charge on any atom is -0.485 e. The molecule has 3 heterocycles. The summed E-state index contributed by atoms with van der Waals surface area (Å²) in [6, 6.07) is 3.73. The smallest absolute Gasteiger partial charge is 0.409 e. The number of ether oxygens (including phenoxy) is 2. The van der Waals surface area contributed by atoms with Crippen LogP contribution in [0.1, 0.15) is 49.9 Å². The fraction of sp³-hybridized carbons (Fsp3) is 0.550. The van der Waals surface area contributed by atoms with E-state index in [-0.39, 0.29) is 23.9 Å². The molecule has 2 aromatic heterocycles. The first-order valence-corrected chi connectivity index (χ1v) is 9.58. The molecule has 0 spiro atoms. The number of Topliss-reactive ketones (excluding diaryl/α,β-unsaturated/α-hetero) is 1. The fourth-order valence-electron chi connectivity index (χ4n) is 3.53. The summed E-state index contributed by atoms with van der Waals surface area (Å²) in [5.74, 6) is 0.899. The normalized spacial score (nSPS) is 14.4. The molecule has 0 saturated carbocycles. The fourth-order valence-corrected chi connectivity index (χ4v) is 3.53. The Balaban J connectivity index is 1.69. The molecule has 1 saturated heterocycles. The van der Waals surface area contributed by atoms with Gasteiger partial charge in [-0.05, 0) is 25.0 Å². The van der Waals surface area contributed by atoms with Crippen molar-refractivity contribution in [2.24, 2.45) is 5.92 Å². The summed E-state index contributed by atoms with van der Waals surface area (Å²) in [4.78, 5) is 25.9. The lowest BCUT2D eigenvalue weighted by Gasteiger charge is -2.37. The van der Waals surface area contributed by atoms with E-state index in [2.05, 4.69) is 23.7 Å². The monoisotopic (exact) mass is 373 g/mol. The van der Waals surface area contributed by atoms with Gasteiger partial charge in [-0.25, -0.2) is 9.31 Å². The van der Waals surface area contributed by atoms with Gasteiger partial charge in [0.05, 0.1) is 43.7 Å². The molecule has 0 aliphatic carbocycles. The first-order valence-electron chi connectivity index (χ1n) is 9.58. The molecule has 27 heavy (non-hydrogen) atoms. The van der Waals surface area contributed by atoms with Crippen molar-refractivity contribution in [2.75, 3.05) is 20.2 Å². The Bertz CT molecular complexity index is 805. The molecular formula is C20H27N3O4. The first-order chi connectivity index (χ1) is 13.1. The Morgan fingerprint density at radius 3 is 2.56 bits per heavy atom. The highest BCUT2D eigenvalue weighted by Crippen LogP contribution is 2.25. The minimum absolute atomic E-state index is 0.0585. The molecule has 0 unspecified atom stereocenters. The highest BCUT2D eigenvalue weighted by Gasteiger charge is 2.33. The van der Waals surface area contributed by atoms with Gasteiger partial charge in [0, 0.05) is 5.92 Å². The van der Waals surface area contributed by atoms with Crippen molar-refractivity contribution in [3.8, 4) is 5.75 Å². The maximum atomic E-state index is 12.9. The molecular weight excluding hydrogens is 346 g/mol. The first kappa shape index (κ1) is 19.2. The van der Waals surface area contributed by atoms with E-state index in [0.717, 1.165) is 31.2 Å². The van der Waals surface area contributed by atoms with Crippen LogP contribution in [0.2, 0.25) is 0 Å². The summed E-state index contributed by atoms with van der Waals surface area (Å²) in [5, 5.41) is 4.34. The van der Waals surface area contributed by atoms with Gasteiger partial charge in [-0.3, -0.25) is 4.79 Å². The Morgan fingerprint density at radius 2 is 1.93 bits per heavy atom. The van der Waals surface area contributed by atoms with Crippen molar-refractivity contribution in [1.29, 1.82) is 0 Å². The average molecular weight is 373 g/mol. The molecule has 0 atom stereocenters. The van der Waals surface area contributed by atoms with Crippen molar-refractivity contribution < 1.29 is 19.1 Å². The van der Waals surface area contributed by atoms with E-state index in [9.17, 15) is 9.59 Å². The zero-order chi connectivity index (χ0) is 19.4. The predicted molar refractivity (Wildman–Crippen MR) is 101 cm³/mol. The number of fused-ring (bicyclic) bond motifs is 1. The molecule has 1 amide bonds. The van der Waals surface area contributed by atoms with E-state index in [1.54, 1.807) is 21.8 Å². The van der Waals surface area contributed by atoms with E-state index < -0.39 is 0 Å². The molecule has 0 aromatic carbocycles.